The van der Waals surface area contributed by atoms with Gasteiger partial charge >= 0.3 is 0 Å². The number of anilines is 1. The van der Waals surface area contributed by atoms with Crippen LogP contribution in [-0.2, 0) is 0 Å². The van der Waals surface area contributed by atoms with Gasteiger partial charge in [-0.3, -0.25) is 9.69 Å². The summed E-state index contributed by atoms with van der Waals surface area (Å²) in [7, 11) is 2.18. The number of pyridine rings is 1. The lowest BCUT2D eigenvalue weighted by Gasteiger charge is -2.54. The number of hydrogen-bond acceptors (Lipinski definition) is 4. The first-order valence-corrected chi connectivity index (χ1v) is 7.80. The zero-order valence-electron chi connectivity index (χ0n) is 14.5. The average Bonchev–Trinajstić information content (AvgIpc) is 2.34. The lowest BCUT2D eigenvalue weighted by Crippen LogP contribution is -2.61. The molecule has 0 aromatic carbocycles. The molecular weight excluding hydrogens is 276 g/mol. The fourth-order valence-corrected chi connectivity index (χ4v) is 3.57. The van der Waals surface area contributed by atoms with Crippen molar-refractivity contribution in [1.29, 1.82) is 0 Å². The molecule has 0 bridgehead atoms. The Morgan fingerprint density at radius 3 is 2.36 bits per heavy atom. The van der Waals surface area contributed by atoms with E-state index in [0.717, 1.165) is 24.1 Å². The Balaban J connectivity index is 2.28. The van der Waals surface area contributed by atoms with E-state index in [2.05, 4.69) is 49.9 Å². The van der Waals surface area contributed by atoms with Gasteiger partial charge in [0.25, 0.3) is 5.91 Å². The van der Waals surface area contributed by atoms with Gasteiger partial charge in [-0.2, -0.15) is 0 Å². The van der Waals surface area contributed by atoms with E-state index < -0.39 is 5.91 Å². The van der Waals surface area contributed by atoms with Crippen LogP contribution >= 0.6 is 0 Å². The number of carbonyl (C=O) groups is 1. The Labute approximate surface area is 133 Å². The van der Waals surface area contributed by atoms with Crippen LogP contribution in [0.4, 0.5) is 5.69 Å². The molecule has 0 saturated carbocycles. The highest BCUT2D eigenvalue weighted by atomic mass is 16.1. The molecule has 1 aliphatic rings. The second-order valence-electron chi connectivity index (χ2n) is 7.71. The molecule has 0 radical (unpaired) electrons. The van der Waals surface area contributed by atoms with Crippen molar-refractivity contribution >= 4 is 11.6 Å². The smallest absolute Gasteiger partial charge is 0.269 e. The van der Waals surface area contributed by atoms with Gasteiger partial charge in [0, 0.05) is 23.3 Å². The molecule has 0 aliphatic carbocycles. The second kappa shape index (κ2) is 5.54. The Morgan fingerprint density at radius 2 is 1.86 bits per heavy atom. The molecule has 1 aromatic rings. The Morgan fingerprint density at radius 1 is 1.32 bits per heavy atom. The van der Waals surface area contributed by atoms with Crippen molar-refractivity contribution in [2.24, 2.45) is 5.73 Å². The van der Waals surface area contributed by atoms with E-state index in [9.17, 15) is 4.79 Å². The number of nitrogens with one attached hydrogen (secondary N) is 1. The number of piperidine rings is 1. The van der Waals surface area contributed by atoms with E-state index in [0.29, 0.717) is 5.69 Å². The first-order valence-electron chi connectivity index (χ1n) is 7.80. The van der Waals surface area contributed by atoms with E-state index in [1.54, 1.807) is 6.20 Å². The fourth-order valence-electron chi connectivity index (χ4n) is 3.57. The number of nitrogens with zero attached hydrogens (tertiary/aromatic N) is 2. The summed E-state index contributed by atoms with van der Waals surface area (Å²) in [6.07, 6.45) is 3.67. The van der Waals surface area contributed by atoms with Crippen LogP contribution < -0.4 is 11.1 Å². The maximum atomic E-state index is 11.6. The largest absolute Gasteiger partial charge is 0.380 e. The van der Waals surface area contributed by atoms with Gasteiger partial charge in [0.2, 0.25) is 0 Å². The quantitative estimate of drug-likeness (QED) is 0.900. The SMILES string of the molecule is Cc1cnc(C(N)=O)c(NC2CC(C)(C)N(C)C(C)(C)C2)c1. The average molecular weight is 304 g/mol. The minimum absolute atomic E-state index is 0.0869. The number of rotatable bonds is 3. The van der Waals surface area contributed by atoms with Crippen LogP contribution in [0.2, 0.25) is 0 Å². The predicted molar refractivity (Wildman–Crippen MR) is 90.1 cm³/mol. The van der Waals surface area contributed by atoms with Crippen molar-refractivity contribution in [3.05, 3.63) is 23.5 Å². The summed E-state index contributed by atoms with van der Waals surface area (Å²) in [5, 5.41) is 3.51. The van der Waals surface area contributed by atoms with Gasteiger partial charge in [-0.15, -0.1) is 0 Å². The molecule has 0 unspecified atom stereocenters. The predicted octanol–water partition coefficient (Wildman–Crippen LogP) is 2.55. The Kier molecular flexibility index (Phi) is 4.22. The normalized spacial score (nSPS) is 21.5. The van der Waals surface area contributed by atoms with E-state index in [1.165, 1.54) is 0 Å². The van der Waals surface area contributed by atoms with Gasteiger partial charge in [0.15, 0.2) is 5.69 Å². The third-order valence-electron chi connectivity index (χ3n) is 4.93. The van der Waals surface area contributed by atoms with E-state index >= 15 is 0 Å². The van der Waals surface area contributed by atoms with Crippen LogP contribution in [0, 0.1) is 6.92 Å². The molecule has 1 fully saturated rings. The summed E-state index contributed by atoms with van der Waals surface area (Å²) in [5.74, 6) is -0.492. The summed E-state index contributed by atoms with van der Waals surface area (Å²) in [5.41, 5.74) is 7.70. The zero-order chi connectivity index (χ0) is 16.7. The minimum Gasteiger partial charge on any atom is -0.380 e. The summed E-state index contributed by atoms with van der Waals surface area (Å²) in [4.78, 5) is 18.2. The number of likely N-dealkylation sites (tertiary alicyclic amines) is 1. The summed E-state index contributed by atoms with van der Waals surface area (Å²) in [6.45, 7) is 11.0. The van der Waals surface area contributed by atoms with Crippen LogP contribution in [0.5, 0.6) is 0 Å². The molecule has 1 aliphatic heterocycles. The van der Waals surface area contributed by atoms with Crippen molar-refractivity contribution in [3.63, 3.8) is 0 Å². The van der Waals surface area contributed by atoms with Crippen molar-refractivity contribution < 1.29 is 4.79 Å². The lowest BCUT2D eigenvalue weighted by molar-refractivity contribution is -0.00768. The molecule has 5 heteroatoms. The lowest BCUT2D eigenvalue weighted by atomic mass is 9.77. The molecule has 2 rings (SSSR count). The topological polar surface area (TPSA) is 71.2 Å². The van der Waals surface area contributed by atoms with Crippen LogP contribution in [0.25, 0.3) is 0 Å². The zero-order valence-corrected chi connectivity index (χ0v) is 14.5. The van der Waals surface area contributed by atoms with Crippen LogP contribution in [0.3, 0.4) is 0 Å². The molecule has 2 heterocycles. The number of hydrogen-bond donors (Lipinski definition) is 2. The van der Waals surface area contributed by atoms with Gasteiger partial charge in [-0.05, 0) is 66.1 Å². The molecule has 3 N–H and O–H groups in total. The maximum Gasteiger partial charge on any atom is 0.269 e. The summed E-state index contributed by atoms with van der Waals surface area (Å²) >= 11 is 0. The van der Waals surface area contributed by atoms with Gasteiger partial charge in [-0.25, -0.2) is 4.98 Å². The van der Waals surface area contributed by atoms with E-state index in [-0.39, 0.29) is 17.1 Å². The van der Waals surface area contributed by atoms with Crippen LogP contribution in [-0.4, -0.2) is 40.0 Å². The van der Waals surface area contributed by atoms with Gasteiger partial charge < -0.3 is 11.1 Å². The molecule has 0 atom stereocenters. The molecule has 1 aromatic heterocycles. The monoisotopic (exact) mass is 304 g/mol. The first-order chi connectivity index (χ1) is 10.0. The molecule has 0 spiro atoms. The fraction of sp³-hybridized carbons (Fsp3) is 0.647. The summed E-state index contributed by atoms with van der Waals surface area (Å²) < 4.78 is 0. The molecule has 5 nitrogen and oxygen atoms in total. The van der Waals surface area contributed by atoms with Crippen molar-refractivity contribution in [3.8, 4) is 0 Å². The molecule has 22 heavy (non-hydrogen) atoms. The number of amides is 1. The molecule has 1 saturated heterocycles. The number of carbonyl (C=O) groups excluding carboxylic acids is 1. The summed E-state index contributed by atoms with van der Waals surface area (Å²) in [6, 6.07) is 2.23. The van der Waals surface area contributed by atoms with Gasteiger partial charge in [0.1, 0.15) is 0 Å². The van der Waals surface area contributed by atoms with Crippen molar-refractivity contribution in [1.82, 2.24) is 9.88 Å². The number of primary amides is 1. The number of aromatic nitrogens is 1. The third-order valence-corrected chi connectivity index (χ3v) is 4.93. The van der Waals surface area contributed by atoms with Crippen LogP contribution in [0.15, 0.2) is 12.3 Å². The minimum atomic E-state index is -0.492. The van der Waals surface area contributed by atoms with Crippen LogP contribution in [0.1, 0.15) is 56.6 Å². The highest BCUT2D eigenvalue weighted by Crippen LogP contribution is 2.38. The van der Waals surface area contributed by atoms with Crippen molar-refractivity contribution in [2.75, 3.05) is 12.4 Å². The van der Waals surface area contributed by atoms with E-state index in [1.807, 2.05) is 13.0 Å². The first kappa shape index (κ1) is 16.7. The number of aryl methyl sites for hydroxylation is 1. The second-order valence-corrected chi connectivity index (χ2v) is 7.71. The maximum absolute atomic E-state index is 11.6. The Bertz CT molecular complexity index is 562. The standard InChI is InChI=1S/C17H28N4O/c1-11-7-13(14(15(18)22)19-10-11)20-12-8-16(2,3)21(6)17(4,5)9-12/h7,10,12,20H,8-9H2,1-6H3,(H2,18,22). The number of nitrogens with two attached hydrogens (primary N) is 1. The Hall–Kier alpha value is -1.62. The van der Waals surface area contributed by atoms with E-state index in [4.69, 9.17) is 5.73 Å². The van der Waals surface area contributed by atoms with Crippen molar-refractivity contribution in [2.45, 2.75) is 64.6 Å². The van der Waals surface area contributed by atoms with Gasteiger partial charge in [0.05, 0.1) is 5.69 Å². The highest BCUT2D eigenvalue weighted by molar-refractivity contribution is 5.96. The molecule has 1 amide bonds. The molecular formula is C17H28N4O. The third kappa shape index (κ3) is 3.24. The molecule has 122 valence electrons. The van der Waals surface area contributed by atoms with Gasteiger partial charge in [-0.1, -0.05) is 0 Å². The highest BCUT2D eigenvalue weighted by Gasteiger charge is 2.43.